The number of anilines is 1. The molecule has 2 N–H and O–H groups in total. The van der Waals surface area contributed by atoms with Crippen LogP contribution in [0.25, 0.3) is 10.9 Å². The van der Waals surface area contributed by atoms with Crippen molar-refractivity contribution in [3.8, 4) is 11.5 Å². The molecule has 0 aliphatic rings. The number of halogens is 2. The molecular weight excluding hydrogens is 475 g/mol. The molecular formula is C26H24ClFN2O3S. The Morgan fingerprint density at radius 3 is 2.62 bits per heavy atom. The van der Waals surface area contributed by atoms with Crippen LogP contribution in [-0.2, 0) is 0 Å². The second-order valence-electron chi connectivity index (χ2n) is 7.78. The fraction of sp³-hybridized carbons (Fsp3) is 0.192. The summed E-state index contributed by atoms with van der Waals surface area (Å²) in [4.78, 5) is 18.0. The van der Waals surface area contributed by atoms with Crippen molar-refractivity contribution in [3.63, 3.8) is 0 Å². The number of rotatable bonds is 8. The van der Waals surface area contributed by atoms with Gasteiger partial charge in [0, 0.05) is 49.9 Å². The molecule has 0 saturated carbocycles. The molecule has 0 bridgehead atoms. The normalized spacial score (nSPS) is 11.9. The van der Waals surface area contributed by atoms with E-state index in [9.17, 15) is 9.18 Å². The zero-order chi connectivity index (χ0) is 24.4. The highest BCUT2D eigenvalue weighted by Gasteiger charge is 2.28. The summed E-state index contributed by atoms with van der Waals surface area (Å²) in [5.41, 5.74) is 2.80. The van der Waals surface area contributed by atoms with Gasteiger partial charge in [-0.3, -0.25) is 4.79 Å². The smallest absolute Gasteiger partial charge is 0.191 e. The second kappa shape index (κ2) is 9.99. The monoisotopic (exact) mass is 498 g/mol. The zero-order valence-corrected chi connectivity index (χ0v) is 20.7. The van der Waals surface area contributed by atoms with Crippen LogP contribution >= 0.6 is 23.4 Å². The van der Waals surface area contributed by atoms with E-state index in [4.69, 9.17) is 21.1 Å². The van der Waals surface area contributed by atoms with E-state index in [0.717, 1.165) is 4.90 Å². The minimum atomic E-state index is -0.807. The van der Waals surface area contributed by atoms with Gasteiger partial charge in [-0.2, -0.15) is 0 Å². The van der Waals surface area contributed by atoms with Crippen LogP contribution in [0, 0.1) is 12.7 Å². The Labute approximate surface area is 206 Å². The van der Waals surface area contributed by atoms with E-state index < -0.39 is 6.04 Å². The second-order valence-corrected chi connectivity index (χ2v) is 9.09. The summed E-state index contributed by atoms with van der Waals surface area (Å²) >= 11 is 7.75. The molecule has 1 aromatic heterocycles. The summed E-state index contributed by atoms with van der Waals surface area (Å²) in [5.74, 6) is 0.616. The molecule has 1 atom stereocenters. The van der Waals surface area contributed by atoms with Gasteiger partial charge in [-0.1, -0.05) is 17.7 Å². The van der Waals surface area contributed by atoms with Gasteiger partial charge in [0.15, 0.2) is 5.78 Å². The molecule has 0 aliphatic heterocycles. The van der Waals surface area contributed by atoms with Crippen LogP contribution < -0.4 is 14.8 Å². The molecule has 8 heteroatoms. The Morgan fingerprint density at radius 2 is 1.91 bits per heavy atom. The summed E-state index contributed by atoms with van der Waals surface area (Å²) in [6, 6.07) is 13.1. The van der Waals surface area contributed by atoms with Crippen LogP contribution in [0.1, 0.15) is 27.5 Å². The number of aryl methyl sites for hydroxylation is 1. The van der Waals surface area contributed by atoms with E-state index in [1.807, 2.05) is 24.5 Å². The fourth-order valence-electron chi connectivity index (χ4n) is 3.88. The van der Waals surface area contributed by atoms with E-state index in [2.05, 4.69) is 10.3 Å². The lowest BCUT2D eigenvalue weighted by molar-refractivity contribution is 0.0970. The molecule has 0 aliphatic carbocycles. The number of ether oxygens (including phenoxy) is 2. The number of hydrogen-bond acceptors (Lipinski definition) is 5. The standard InChI is InChI=1S/C26H24ClFN2O3S/c1-14-7-20-21(13-29-23(20)12-22(14)28)26(31)25(19-6-5-15(27)8-24(19)33-3)30-16-9-17(32-2)11-18(10-16)34-4/h5-13,25,29-30H,1-4H3. The maximum atomic E-state index is 14.1. The van der Waals surface area contributed by atoms with Crippen molar-refractivity contribution in [1.29, 1.82) is 0 Å². The molecule has 4 aromatic rings. The van der Waals surface area contributed by atoms with Gasteiger partial charge in [-0.15, -0.1) is 11.8 Å². The van der Waals surface area contributed by atoms with Gasteiger partial charge >= 0.3 is 0 Å². The zero-order valence-electron chi connectivity index (χ0n) is 19.2. The average Bonchev–Trinajstić information content (AvgIpc) is 3.24. The summed E-state index contributed by atoms with van der Waals surface area (Å²) in [7, 11) is 3.13. The van der Waals surface area contributed by atoms with Gasteiger partial charge in [-0.05, 0) is 55.1 Å². The number of aromatic amines is 1. The highest BCUT2D eigenvalue weighted by Crippen LogP contribution is 2.36. The number of thioether (sulfide) groups is 1. The Balaban J connectivity index is 1.85. The van der Waals surface area contributed by atoms with Crippen LogP contribution in [0.5, 0.6) is 11.5 Å². The molecule has 0 radical (unpaired) electrons. The number of H-pyrrole nitrogens is 1. The number of Topliss-reactive ketones (excluding diaryl/α,β-unsaturated/α-hetero) is 1. The molecule has 5 nitrogen and oxygen atoms in total. The van der Waals surface area contributed by atoms with Crippen molar-refractivity contribution in [3.05, 3.63) is 82.3 Å². The number of nitrogens with one attached hydrogen (secondary N) is 2. The number of carbonyl (C=O) groups excluding carboxylic acids is 1. The molecule has 4 rings (SSSR count). The van der Waals surface area contributed by atoms with Crippen LogP contribution in [0.15, 0.2) is 59.6 Å². The molecule has 3 aromatic carbocycles. The molecule has 1 unspecified atom stereocenters. The molecule has 0 saturated heterocycles. The molecule has 0 fully saturated rings. The van der Waals surface area contributed by atoms with E-state index in [0.29, 0.717) is 49.8 Å². The molecule has 0 spiro atoms. The Morgan fingerprint density at radius 1 is 1.12 bits per heavy atom. The number of fused-ring (bicyclic) bond motifs is 1. The van der Waals surface area contributed by atoms with E-state index in [-0.39, 0.29) is 11.6 Å². The largest absolute Gasteiger partial charge is 0.497 e. The summed E-state index contributed by atoms with van der Waals surface area (Å²) < 4.78 is 25.1. The first-order chi connectivity index (χ1) is 16.3. The SMILES string of the molecule is COc1cc(NC(C(=O)c2c[nH]c3cc(F)c(C)cc23)c2ccc(Cl)cc2OC)cc(SC)c1. The third kappa shape index (κ3) is 4.72. The summed E-state index contributed by atoms with van der Waals surface area (Å²) in [5, 5.41) is 4.51. The number of carbonyl (C=O) groups is 1. The van der Waals surface area contributed by atoms with E-state index in [1.54, 1.807) is 56.3 Å². The maximum Gasteiger partial charge on any atom is 0.191 e. The number of methoxy groups -OCH3 is 2. The maximum absolute atomic E-state index is 14.1. The minimum Gasteiger partial charge on any atom is -0.497 e. The number of benzene rings is 3. The summed E-state index contributed by atoms with van der Waals surface area (Å²) in [6.45, 7) is 1.67. The van der Waals surface area contributed by atoms with Crippen LogP contribution in [-0.4, -0.2) is 31.2 Å². The predicted molar refractivity (Wildman–Crippen MR) is 136 cm³/mol. The van der Waals surface area contributed by atoms with Gasteiger partial charge in [0.25, 0.3) is 0 Å². The first-order valence-corrected chi connectivity index (χ1v) is 12.1. The van der Waals surface area contributed by atoms with Crippen molar-refractivity contribution in [2.45, 2.75) is 17.9 Å². The first kappa shape index (κ1) is 24.0. The fourth-order valence-corrected chi connectivity index (χ4v) is 4.52. The lowest BCUT2D eigenvalue weighted by atomic mass is 9.95. The van der Waals surface area contributed by atoms with Gasteiger partial charge < -0.3 is 19.8 Å². The van der Waals surface area contributed by atoms with Gasteiger partial charge in [0.2, 0.25) is 0 Å². The van der Waals surface area contributed by atoms with Gasteiger partial charge in [0.05, 0.1) is 14.2 Å². The van der Waals surface area contributed by atoms with Crippen LogP contribution in [0.2, 0.25) is 5.02 Å². The molecule has 0 amide bonds. The Kier molecular flexibility index (Phi) is 7.05. The third-order valence-corrected chi connectivity index (χ3v) is 6.60. The van der Waals surface area contributed by atoms with Crippen molar-refractivity contribution in [2.75, 3.05) is 25.8 Å². The lowest BCUT2D eigenvalue weighted by Crippen LogP contribution is -2.22. The molecule has 176 valence electrons. The Hall–Kier alpha value is -3.16. The van der Waals surface area contributed by atoms with E-state index in [1.165, 1.54) is 13.2 Å². The number of ketones is 1. The van der Waals surface area contributed by atoms with Crippen molar-refractivity contribution < 1.29 is 18.7 Å². The minimum absolute atomic E-state index is 0.202. The average molecular weight is 499 g/mol. The first-order valence-electron chi connectivity index (χ1n) is 10.5. The summed E-state index contributed by atoms with van der Waals surface area (Å²) in [6.07, 6.45) is 3.58. The highest BCUT2D eigenvalue weighted by molar-refractivity contribution is 7.98. The van der Waals surface area contributed by atoms with Gasteiger partial charge in [0.1, 0.15) is 23.4 Å². The number of aromatic nitrogens is 1. The van der Waals surface area contributed by atoms with E-state index >= 15 is 0 Å². The van der Waals surface area contributed by atoms with Crippen molar-refractivity contribution in [2.24, 2.45) is 0 Å². The predicted octanol–water partition coefficient (Wildman–Crippen LogP) is 7.04. The lowest BCUT2D eigenvalue weighted by Gasteiger charge is -2.22. The van der Waals surface area contributed by atoms with Crippen molar-refractivity contribution >= 4 is 45.7 Å². The third-order valence-electron chi connectivity index (χ3n) is 5.66. The number of hydrogen-bond donors (Lipinski definition) is 2. The van der Waals surface area contributed by atoms with Crippen LogP contribution in [0.4, 0.5) is 10.1 Å². The topological polar surface area (TPSA) is 63.3 Å². The van der Waals surface area contributed by atoms with Crippen LogP contribution in [0.3, 0.4) is 0 Å². The quantitative estimate of drug-likeness (QED) is 0.201. The highest BCUT2D eigenvalue weighted by atomic mass is 35.5. The van der Waals surface area contributed by atoms with Crippen molar-refractivity contribution in [1.82, 2.24) is 4.98 Å². The molecule has 1 heterocycles. The Bertz CT molecular complexity index is 1350. The van der Waals surface area contributed by atoms with Gasteiger partial charge in [-0.25, -0.2) is 4.39 Å². The molecule has 34 heavy (non-hydrogen) atoms.